The molecule has 0 atom stereocenters. The molecule has 5 aromatic rings. The van der Waals surface area contributed by atoms with Gasteiger partial charge in [0, 0.05) is 26.5 Å². The summed E-state index contributed by atoms with van der Waals surface area (Å²) in [5.74, 6) is 0.175. The standard InChI is InChI=1S/C32H26BrN3O6/c1-39-26-15-21(16-27(40-2)30(26)41-3)32(38)42-25-12-8-7-11-20(25)18-34-36-31(37)29-28(19-9-5-4-6-10-19)23-17-22(33)13-14-24(23)35-29/h4-18,35H,1-3H3,(H,36,37). The van der Waals surface area contributed by atoms with Crippen LogP contribution in [0.2, 0.25) is 0 Å². The molecule has 212 valence electrons. The largest absolute Gasteiger partial charge is 0.493 e. The highest BCUT2D eigenvalue weighted by molar-refractivity contribution is 9.10. The molecule has 0 aliphatic rings. The van der Waals surface area contributed by atoms with Gasteiger partial charge in [-0.3, -0.25) is 4.79 Å². The molecule has 0 bridgehead atoms. The van der Waals surface area contributed by atoms with E-state index in [4.69, 9.17) is 18.9 Å². The van der Waals surface area contributed by atoms with E-state index >= 15 is 0 Å². The first-order valence-corrected chi connectivity index (χ1v) is 13.5. The van der Waals surface area contributed by atoms with Crippen LogP contribution < -0.4 is 24.4 Å². The molecule has 2 N–H and O–H groups in total. The van der Waals surface area contributed by atoms with E-state index in [-0.39, 0.29) is 11.3 Å². The fraction of sp³-hybridized carbons (Fsp3) is 0.0938. The number of carbonyl (C=O) groups is 2. The highest BCUT2D eigenvalue weighted by Crippen LogP contribution is 2.38. The van der Waals surface area contributed by atoms with Crippen LogP contribution in [0.5, 0.6) is 23.0 Å². The smallest absolute Gasteiger partial charge is 0.343 e. The number of nitrogens with one attached hydrogen (secondary N) is 2. The van der Waals surface area contributed by atoms with Gasteiger partial charge in [0.05, 0.1) is 33.1 Å². The van der Waals surface area contributed by atoms with Crippen molar-refractivity contribution in [3.05, 3.63) is 106 Å². The lowest BCUT2D eigenvalue weighted by molar-refractivity contribution is 0.0733. The van der Waals surface area contributed by atoms with Gasteiger partial charge in [-0.05, 0) is 48.0 Å². The summed E-state index contributed by atoms with van der Waals surface area (Å²) in [6.45, 7) is 0. The van der Waals surface area contributed by atoms with Crippen molar-refractivity contribution in [3.8, 4) is 34.1 Å². The van der Waals surface area contributed by atoms with E-state index in [0.717, 1.165) is 26.5 Å². The number of methoxy groups -OCH3 is 3. The summed E-state index contributed by atoms with van der Waals surface area (Å²) < 4.78 is 22.6. The Bertz CT molecular complexity index is 1770. The van der Waals surface area contributed by atoms with Crippen LogP contribution in [0.3, 0.4) is 0 Å². The molecule has 0 fully saturated rings. The van der Waals surface area contributed by atoms with Gasteiger partial charge in [-0.2, -0.15) is 5.10 Å². The van der Waals surface area contributed by atoms with Crippen LogP contribution in [0.1, 0.15) is 26.4 Å². The van der Waals surface area contributed by atoms with Crippen LogP contribution >= 0.6 is 15.9 Å². The van der Waals surface area contributed by atoms with Gasteiger partial charge in [0.2, 0.25) is 5.75 Å². The van der Waals surface area contributed by atoms with Gasteiger partial charge >= 0.3 is 5.97 Å². The van der Waals surface area contributed by atoms with Gasteiger partial charge in [0.25, 0.3) is 5.91 Å². The highest BCUT2D eigenvalue weighted by Gasteiger charge is 2.21. The number of aromatic amines is 1. The summed E-state index contributed by atoms with van der Waals surface area (Å²) >= 11 is 3.52. The monoisotopic (exact) mass is 627 g/mol. The summed E-state index contributed by atoms with van der Waals surface area (Å²) in [4.78, 5) is 29.6. The second kappa shape index (κ2) is 12.6. The quantitative estimate of drug-likeness (QED) is 0.0823. The summed E-state index contributed by atoms with van der Waals surface area (Å²) in [7, 11) is 4.40. The Hall–Kier alpha value is -5.09. The molecule has 0 aliphatic heterocycles. The van der Waals surface area contributed by atoms with Crippen molar-refractivity contribution in [2.75, 3.05) is 21.3 Å². The molecule has 0 saturated heterocycles. The number of hydrogen-bond donors (Lipinski definition) is 2. The number of benzene rings is 4. The van der Waals surface area contributed by atoms with E-state index in [1.165, 1.54) is 39.7 Å². The highest BCUT2D eigenvalue weighted by atomic mass is 79.9. The Labute approximate surface area is 250 Å². The number of esters is 1. The van der Waals surface area contributed by atoms with Crippen LogP contribution in [0.4, 0.5) is 0 Å². The van der Waals surface area contributed by atoms with Crippen LogP contribution in [-0.2, 0) is 0 Å². The van der Waals surface area contributed by atoms with Crippen molar-refractivity contribution in [1.29, 1.82) is 0 Å². The van der Waals surface area contributed by atoms with Crippen molar-refractivity contribution in [2.45, 2.75) is 0 Å². The molecular formula is C32H26BrN3O6. The van der Waals surface area contributed by atoms with Gasteiger partial charge in [-0.25, -0.2) is 10.2 Å². The Morgan fingerprint density at radius 2 is 1.52 bits per heavy atom. The average Bonchev–Trinajstić information content (AvgIpc) is 3.40. The molecule has 1 heterocycles. The van der Waals surface area contributed by atoms with Gasteiger partial charge in [0.15, 0.2) is 11.5 Å². The van der Waals surface area contributed by atoms with Crippen molar-refractivity contribution in [3.63, 3.8) is 0 Å². The lowest BCUT2D eigenvalue weighted by atomic mass is 10.0. The first-order valence-electron chi connectivity index (χ1n) is 12.7. The lowest BCUT2D eigenvalue weighted by Crippen LogP contribution is -2.19. The number of fused-ring (bicyclic) bond motifs is 1. The average molecular weight is 628 g/mol. The van der Waals surface area contributed by atoms with Crippen LogP contribution in [0, 0.1) is 0 Å². The maximum Gasteiger partial charge on any atom is 0.343 e. The van der Waals surface area contributed by atoms with E-state index in [1.54, 1.807) is 24.3 Å². The molecular weight excluding hydrogens is 602 g/mol. The van der Waals surface area contributed by atoms with Crippen LogP contribution in [0.25, 0.3) is 22.0 Å². The second-order valence-corrected chi connectivity index (χ2v) is 9.89. The normalized spacial score (nSPS) is 11.0. The minimum absolute atomic E-state index is 0.198. The number of para-hydroxylation sites is 1. The molecule has 9 nitrogen and oxygen atoms in total. The number of rotatable bonds is 9. The molecule has 0 aliphatic carbocycles. The first kappa shape index (κ1) is 28.4. The number of H-pyrrole nitrogens is 1. The predicted molar refractivity (Wildman–Crippen MR) is 164 cm³/mol. The third-order valence-corrected chi connectivity index (χ3v) is 6.94. The molecule has 4 aromatic carbocycles. The van der Waals surface area contributed by atoms with Crippen molar-refractivity contribution < 1.29 is 28.5 Å². The molecule has 0 spiro atoms. The number of hydrogen-bond acceptors (Lipinski definition) is 7. The Kier molecular flexibility index (Phi) is 8.54. The topological polar surface area (TPSA) is 111 Å². The summed E-state index contributed by atoms with van der Waals surface area (Å²) in [6, 6.07) is 25.3. The second-order valence-electron chi connectivity index (χ2n) is 8.97. The Balaban J connectivity index is 1.38. The zero-order chi connectivity index (χ0) is 29.6. The molecule has 0 radical (unpaired) electrons. The van der Waals surface area contributed by atoms with Gasteiger partial charge in [-0.15, -0.1) is 0 Å². The van der Waals surface area contributed by atoms with E-state index in [2.05, 4.69) is 31.4 Å². The summed E-state index contributed by atoms with van der Waals surface area (Å²) in [6.07, 6.45) is 1.41. The Morgan fingerprint density at radius 1 is 0.833 bits per heavy atom. The molecule has 0 unspecified atom stereocenters. The van der Waals surface area contributed by atoms with Gasteiger partial charge in [-0.1, -0.05) is 58.4 Å². The van der Waals surface area contributed by atoms with Crippen LogP contribution in [0.15, 0.2) is 94.5 Å². The Morgan fingerprint density at radius 3 is 2.21 bits per heavy atom. The van der Waals surface area contributed by atoms with Crippen molar-refractivity contribution >= 4 is 44.9 Å². The minimum Gasteiger partial charge on any atom is -0.493 e. The van der Waals surface area contributed by atoms with E-state index in [0.29, 0.717) is 28.5 Å². The SMILES string of the molecule is COc1cc(C(=O)Oc2ccccc2C=NNC(=O)c2[nH]c3ccc(Br)cc3c2-c2ccccc2)cc(OC)c1OC. The number of nitrogens with zero attached hydrogens (tertiary/aromatic N) is 1. The first-order chi connectivity index (χ1) is 20.4. The molecule has 42 heavy (non-hydrogen) atoms. The fourth-order valence-corrected chi connectivity index (χ4v) is 4.85. The van der Waals surface area contributed by atoms with E-state index < -0.39 is 11.9 Å². The van der Waals surface area contributed by atoms with Gasteiger partial charge < -0.3 is 23.9 Å². The fourth-order valence-electron chi connectivity index (χ4n) is 4.49. The molecule has 1 aromatic heterocycles. The summed E-state index contributed by atoms with van der Waals surface area (Å²) in [5.41, 5.74) is 6.10. The minimum atomic E-state index is -0.643. The van der Waals surface area contributed by atoms with E-state index in [9.17, 15) is 9.59 Å². The maximum absolute atomic E-state index is 13.3. The predicted octanol–water partition coefficient (Wildman–Crippen LogP) is 6.61. The third kappa shape index (κ3) is 5.84. The summed E-state index contributed by atoms with van der Waals surface area (Å²) in [5, 5.41) is 5.05. The van der Waals surface area contributed by atoms with Crippen molar-refractivity contribution in [1.82, 2.24) is 10.4 Å². The number of halogens is 1. The molecule has 10 heteroatoms. The number of amides is 1. The van der Waals surface area contributed by atoms with Crippen molar-refractivity contribution in [2.24, 2.45) is 5.10 Å². The third-order valence-electron chi connectivity index (χ3n) is 6.44. The molecule has 0 saturated carbocycles. The van der Waals surface area contributed by atoms with E-state index in [1.807, 2.05) is 48.5 Å². The zero-order valence-corrected chi connectivity index (χ0v) is 24.5. The molecule has 5 rings (SSSR count). The lowest BCUT2D eigenvalue weighted by Gasteiger charge is -2.14. The number of hydrazone groups is 1. The number of ether oxygens (including phenoxy) is 4. The van der Waals surface area contributed by atoms with Gasteiger partial charge in [0.1, 0.15) is 11.4 Å². The number of carbonyl (C=O) groups excluding carboxylic acids is 2. The van der Waals surface area contributed by atoms with Crippen LogP contribution in [-0.4, -0.2) is 44.4 Å². The zero-order valence-electron chi connectivity index (χ0n) is 22.9. The molecule has 1 amide bonds. The number of aromatic nitrogens is 1. The maximum atomic E-state index is 13.3.